The second-order valence-corrected chi connectivity index (χ2v) is 10.7. The summed E-state index contributed by atoms with van der Waals surface area (Å²) in [6.45, 7) is 5.72. The third-order valence-electron chi connectivity index (χ3n) is 7.69. The van der Waals surface area contributed by atoms with E-state index in [-0.39, 0.29) is 22.5 Å². The van der Waals surface area contributed by atoms with E-state index in [2.05, 4.69) is 4.98 Å². The first-order chi connectivity index (χ1) is 20.6. The number of aryl methyl sites for hydroxylation is 3. The molecule has 0 atom stereocenters. The van der Waals surface area contributed by atoms with Crippen molar-refractivity contribution in [2.24, 2.45) is 0 Å². The fraction of sp³-hybridized carbons (Fsp3) is 0.0833. The van der Waals surface area contributed by atoms with Crippen LogP contribution in [0.4, 0.5) is 17.6 Å². The first-order valence-corrected chi connectivity index (χ1v) is 13.7. The van der Waals surface area contributed by atoms with Crippen molar-refractivity contribution in [1.29, 1.82) is 0 Å². The number of aromatic amines is 1. The Morgan fingerprint density at radius 3 is 1.60 bits per heavy atom. The quantitative estimate of drug-likeness (QED) is 0.123. The van der Waals surface area contributed by atoms with E-state index in [0.29, 0.717) is 11.4 Å². The molecule has 1 aliphatic heterocycles. The predicted molar refractivity (Wildman–Crippen MR) is 164 cm³/mol. The maximum absolute atomic E-state index is 16.1. The standard InChI is InChI=1S/C36H26BF4N2/c1-20-4-10-23(11-5-20)26-16-17-27(42-26)31(29-19-18-28(43(29)37)24-12-6-21(2)7-13-24)32-35(40)33(38)30(34(39)36(32)41)25-14-8-22(3)9-15-25/h4-19,42H,1-3H3/q+1. The molecule has 210 valence electrons. The summed E-state index contributed by atoms with van der Waals surface area (Å²) in [5.74, 6) is -6.02. The van der Waals surface area contributed by atoms with Crippen molar-refractivity contribution in [3.8, 4) is 22.4 Å². The van der Waals surface area contributed by atoms with E-state index in [9.17, 15) is 0 Å². The molecule has 0 aliphatic carbocycles. The molecule has 2 nitrogen and oxygen atoms in total. The lowest BCUT2D eigenvalue weighted by Gasteiger charge is -2.15. The SMILES string of the molecule is [B][N+]1=C(c2ccc(C)cc2)C=C/C1=C(/c1ccc(-c2ccc(C)cc2)[nH]1)c1c(F)c(F)c(-c2ccc(C)cc2)c(F)c1F. The lowest BCUT2D eigenvalue weighted by atomic mass is 9.93. The summed E-state index contributed by atoms with van der Waals surface area (Å²) in [5, 5.41) is 0. The molecule has 4 aromatic carbocycles. The van der Waals surface area contributed by atoms with Gasteiger partial charge in [-0.3, -0.25) is 4.49 Å². The average molecular weight is 573 g/mol. The van der Waals surface area contributed by atoms with E-state index < -0.39 is 34.4 Å². The molecule has 5 aromatic rings. The van der Waals surface area contributed by atoms with Crippen LogP contribution in [-0.2, 0) is 0 Å². The van der Waals surface area contributed by atoms with Crippen LogP contribution in [0.25, 0.3) is 28.0 Å². The Morgan fingerprint density at radius 2 is 1.07 bits per heavy atom. The minimum absolute atomic E-state index is 0.0249. The van der Waals surface area contributed by atoms with Crippen molar-refractivity contribution in [2.75, 3.05) is 0 Å². The third-order valence-corrected chi connectivity index (χ3v) is 7.69. The lowest BCUT2D eigenvalue weighted by Crippen LogP contribution is -2.16. The molecule has 1 aromatic heterocycles. The van der Waals surface area contributed by atoms with Crippen molar-refractivity contribution in [1.82, 2.24) is 4.98 Å². The zero-order valence-electron chi connectivity index (χ0n) is 23.8. The van der Waals surface area contributed by atoms with Gasteiger partial charge in [0.1, 0.15) is 0 Å². The summed E-state index contributed by atoms with van der Waals surface area (Å²) >= 11 is 0. The number of hydrogen-bond donors (Lipinski definition) is 1. The molecule has 1 aliphatic rings. The monoisotopic (exact) mass is 573 g/mol. The third kappa shape index (κ3) is 5.05. The highest BCUT2D eigenvalue weighted by Crippen LogP contribution is 2.40. The molecule has 0 saturated heterocycles. The van der Waals surface area contributed by atoms with Gasteiger partial charge in [-0.25, -0.2) is 17.6 Å². The minimum Gasteiger partial charge on any atom is -0.354 e. The Morgan fingerprint density at radius 1 is 0.581 bits per heavy atom. The molecule has 2 radical (unpaired) electrons. The molecule has 1 N–H and O–H groups in total. The smallest absolute Gasteiger partial charge is 0.354 e. The molecule has 0 saturated carbocycles. The molecule has 0 amide bonds. The van der Waals surface area contributed by atoms with Crippen molar-refractivity contribution in [3.05, 3.63) is 160 Å². The van der Waals surface area contributed by atoms with Gasteiger partial charge in [0.2, 0.25) is 0 Å². The molecule has 0 bridgehead atoms. The summed E-state index contributed by atoms with van der Waals surface area (Å²) in [6.07, 6.45) is 3.28. The summed E-state index contributed by atoms with van der Waals surface area (Å²) in [7, 11) is 6.54. The predicted octanol–water partition coefficient (Wildman–Crippen LogP) is 8.74. The highest BCUT2D eigenvalue weighted by molar-refractivity contribution is 6.14. The molecule has 0 unspecified atom stereocenters. The Hall–Kier alpha value is -4.91. The lowest BCUT2D eigenvalue weighted by molar-refractivity contribution is -0.298. The van der Waals surface area contributed by atoms with Crippen molar-refractivity contribution in [2.45, 2.75) is 20.8 Å². The number of benzene rings is 4. The first kappa shape index (κ1) is 28.2. The maximum atomic E-state index is 16.1. The second-order valence-electron chi connectivity index (χ2n) is 10.7. The number of nitrogens with zero attached hydrogens (tertiary/aromatic N) is 1. The van der Waals surface area contributed by atoms with Gasteiger partial charge in [0.15, 0.2) is 34.7 Å². The van der Waals surface area contributed by atoms with E-state index in [1.807, 2.05) is 62.4 Å². The number of H-pyrrole nitrogens is 1. The number of aromatic nitrogens is 1. The van der Waals surface area contributed by atoms with Crippen LogP contribution in [0.3, 0.4) is 0 Å². The van der Waals surface area contributed by atoms with E-state index in [1.54, 1.807) is 43.3 Å². The van der Waals surface area contributed by atoms with Crippen LogP contribution in [0.15, 0.2) is 103 Å². The molecule has 7 heteroatoms. The topological polar surface area (TPSA) is 18.8 Å². The van der Waals surface area contributed by atoms with E-state index in [4.69, 9.17) is 7.98 Å². The number of nitrogens with one attached hydrogen (secondary N) is 1. The molecule has 6 rings (SSSR count). The van der Waals surface area contributed by atoms with Gasteiger partial charge >= 0.3 is 7.98 Å². The summed E-state index contributed by atoms with van der Waals surface area (Å²) in [4.78, 5) is 3.19. The number of halogens is 4. The number of allylic oxidation sites excluding steroid dienone is 2. The van der Waals surface area contributed by atoms with Gasteiger partial charge in [-0.2, -0.15) is 0 Å². The van der Waals surface area contributed by atoms with Gasteiger partial charge in [-0.1, -0.05) is 77.4 Å². The van der Waals surface area contributed by atoms with E-state index in [0.717, 1.165) is 27.8 Å². The van der Waals surface area contributed by atoms with Crippen LogP contribution in [-0.4, -0.2) is 23.2 Å². The largest absolute Gasteiger partial charge is 0.587 e. The van der Waals surface area contributed by atoms with E-state index >= 15 is 17.6 Å². The van der Waals surface area contributed by atoms with Gasteiger partial charge in [-0.05, 0) is 56.2 Å². The molecular weight excluding hydrogens is 547 g/mol. The van der Waals surface area contributed by atoms with Crippen molar-refractivity contribution < 1.29 is 22.0 Å². The maximum Gasteiger partial charge on any atom is 0.587 e. The van der Waals surface area contributed by atoms with Gasteiger partial charge in [-0.15, -0.1) is 0 Å². The Kier molecular flexibility index (Phi) is 7.26. The van der Waals surface area contributed by atoms with Crippen LogP contribution < -0.4 is 0 Å². The van der Waals surface area contributed by atoms with Gasteiger partial charge < -0.3 is 4.98 Å². The van der Waals surface area contributed by atoms with Crippen molar-refractivity contribution in [3.63, 3.8) is 0 Å². The fourth-order valence-electron chi connectivity index (χ4n) is 5.28. The van der Waals surface area contributed by atoms with Crippen molar-refractivity contribution >= 4 is 19.3 Å². The van der Waals surface area contributed by atoms with Crippen LogP contribution >= 0.6 is 0 Å². The normalized spacial score (nSPS) is 14.1. The van der Waals surface area contributed by atoms with Gasteiger partial charge in [0, 0.05) is 23.4 Å². The van der Waals surface area contributed by atoms with E-state index in [1.165, 1.54) is 16.6 Å². The molecule has 43 heavy (non-hydrogen) atoms. The zero-order valence-corrected chi connectivity index (χ0v) is 23.8. The molecular formula is C36H26BF4N2+. The molecule has 0 spiro atoms. The molecule has 0 fully saturated rings. The summed E-state index contributed by atoms with van der Waals surface area (Å²) < 4.78 is 65.0. The highest BCUT2D eigenvalue weighted by atomic mass is 19.2. The summed E-state index contributed by atoms with van der Waals surface area (Å²) in [6, 6.07) is 24.7. The van der Waals surface area contributed by atoms with Crippen LogP contribution in [0.2, 0.25) is 0 Å². The second kappa shape index (κ2) is 11.1. The molecule has 2 heterocycles. The first-order valence-electron chi connectivity index (χ1n) is 13.7. The fourth-order valence-corrected chi connectivity index (χ4v) is 5.28. The Labute approximate surface area is 248 Å². The average Bonchev–Trinajstić information content (AvgIpc) is 3.63. The minimum atomic E-state index is -1.52. The highest BCUT2D eigenvalue weighted by Gasteiger charge is 2.34. The Balaban J connectivity index is 1.61. The van der Waals surface area contributed by atoms with Gasteiger partial charge in [0.25, 0.3) is 0 Å². The Bertz CT molecular complexity index is 1940. The number of rotatable bonds is 5. The van der Waals surface area contributed by atoms with Gasteiger partial charge in [0.05, 0.1) is 22.4 Å². The number of hydrogen-bond acceptors (Lipinski definition) is 0. The zero-order chi connectivity index (χ0) is 30.4. The van der Waals surface area contributed by atoms with Crippen LogP contribution in [0.1, 0.15) is 33.5 Å². The van der Waals surface area contributed by atoms with Crippen LogP contribution in [0, 0.1) is 44.0 Å². The van der Waals surface area contributed by atoms with Crippen LogP contribution in [0.5, 0.6) is 0 Å². The summed E-state index contributed by atoms with van der Waals surface area (Å²) in [5.41, 5.74) is 4.41.